The molecule has 3 rings (SSSR count). The summed E-state index contributed by atoms with van der Waals surface area (Å²) >= 11 is 0. The third kappa shape index (κ3) is 2.04. The third-order valence-corrected chi connectivity index (χ3v) is 6.19. The summed E-state index contributed by atoms with van der Waals surface area (Å²) in [5.41, 5.74) is 0. The minimum absolute atomic E-state index is 0.0681. The molecule has 2 fully saturated rings. The summed E-state index contributed by atoms with van der Waals surface area (Å²) in [6.45, 7) is 4.09. The minimum Gasteiger partial charge on any atom is -0.316 e. The van der Waals surface area contributed by atoms with Crippen molar-refractivity contribution in [2.75, 3.05) is 19.6 Å². The van der Waals surface area contributed by atoms with Crippen molar-refractivity contribution in [3.05, 3.63) is 24.1 Å². The summed E-state index contributed by atoms with van der Waals surface area (Å²) < 4.78 is 40.5. The summed E-state index contributed by atoms with van der Waals surface area (Å²) in [6.07, 6.45) is 2.05. The van der Waals surface area contributed by atoms with E-state index in [2.05, 4.69) is 10.3 Å². The van der Waals surface area contributed by atoms with Crippen LogP contribution in [0.2, 0.25) is 0 Å². The Balaban J connectivity index is 1.98. The van der Waals surface area contributed by atoms with Crippen molar-refractivity contribution in [3.63, 3.8) is 0 Å². The average molecular weight is 299 g/mol. The molecule has 110 valence electrons. The lowest BCUT2D eigenvalue weighted by atomic mass is 9.93. The average Bonchev–Trinajstić information content (AvgIpc) is 2.98. The number of halogens is 1. The second-order valence-electron chi connectivity index (χ2n) is 5.42. The molecule has 3 unspecified atom stereocenters. The molecule has 0 saturated carbocycles. The molecule has 20 heavy (non-hydrogen) atoms. The number of sulfonamides is 1. The quantitative estimate of drug-likeness (QED) is 0.898. The molecule has 0 amide bonds. The van der Waals surface area contributed by atoms with Gasteiger partial charge < -0.3 is 5.32 Å². The van der Waals surface area contributed by atoms with Gasteiger partial charge >= 0.3 is 0 Å². The molecule has 0 bridgehead atoms. The fraction of sp³-hybridized carbons (Fsp3) is 0.615. The highest BCUT2D eigenvalue weighted by atomic mass is 32.2. The molecule has 7 heteroatoms. The molecule has 1 N–H and O–H groups in total. The normalized spacial score (nSPS) is 30.6. The summed E-state index contributed by atoms with van der Waals surface area (Å²) in [5, 5.41) is 2.85. The second kappa shape index (κ2) is 5.05. The van der Waals surface area contributed by atoms with Crippen molar-refractivity contribution in [3.8, 4) is 0 Å². The van der Waals surface area contributed by atoms with Crippen molar-refractivity contribution < 1.29 is 12.8 Å². The smallest absolute Gasteiger partial charge is 0.263 e. The first-order valence-corrected chi connectivity index (χ1v) is 8.32. The van der Waals surface area contributed by atoms with Crippen LogP contribution < -0.4 is 5.32 Å². The lowest BCUT2D eigenvalue weighted by Gasteiger charge is -2.25. The van der Waals surface area contributed by atoms with Crippen LogP contribution >= 0.6 is 0 Å². The SMILES string of the molecule is CCC1C2CNCC2CN1S(=O)(=O)c1ncccc1F. The maximum atomic E-state index is 13.8. The van der Waals surface area contributed by atoms with Crippen LogP contribution in [0.1, 0.15) is 13.3 Å². The first kappa shape index (κ1) is 13.9. The van der Waals surface area contributed by atoms with Gasteiger partial charge in [-0.05, 0) is 43.5 Å². The van der Waals surface area contributed by atoms with Gasteiger partial charge in [-0.2, -0.15) is 4.31 Å². The van der Waals surface area contributed by atoms with Gasteiger partial charge in [0.15, 0.2) is 5.82 Å². The standard InChI is InChI=1S/C13H18FN3O2S/c1-2-12-10-7-15-6-9(10)8-17(12)20(18,19)13-11(14)4-3-5-16-13/h3-5,9-10,12,15H,2,6-8H2,1H3. The van der Waals surface area contributed by atoms with Crippen LogP contribution in [-0.4, -0.2) is 43.4 Å². The predicted molar refractivity (Wildman–Crippen MR) is 72.0 cm³/mol. The second-order valence-corrected chi connectivity index (χ2v) is 7.23. The largest absolute Gasteiger partial charge is 0.316 e. The number of nitrogens with zero attached hydrogens (tertiary/aromatic N) is 2. The van der Waals surface area contributed by atoms with Gasteiger partial charge in [-0.25, -0.2) is 17.8 Å². The van der Waals surface area contributed by atoms with Gasteiger partial charge in [-0.1, -0.05) is 6.92 Å². The highest BCUT2D eigenvalue weighted by Gasteiger charge is 2.48. The van der Waals surface area contributed by atoms with Crippen LogP contribution in [0.4, 0.5) is 4.39 Å². The molecule has 1 aromatic heterocycles. The molecule has 2 aliphatic rings. The van der Waals surface area contributed by atoms with Crippen molar-refractivity contribution in [2.24, 2.45) is 11.8 Å². The molecule has 0 aliphatic carbocycles. The van der Waals surface area contributed by atoms with E-state index in [0.717, 1.165) is 25.6 Å². The van der Waals surface area contributed by atoms with Crippen molar-refractivity contribution in [1.29, 1.82) is 0 Å². The molecule has 2 saturated heterocycles. The fourth-order valence-electron chi connectivity index (χ4n) is 3.44. The maximum Gasteiger partial charge on any atom is 0.263 e. The Kier molecular flexibility index (Phi) is 3.51. The number of rotatable bonds is 3. The van der Waals surface area contributed by atoms with Gasteiger partial charge in [-0.3, -0.25) is 0 Å². The molecular weight excluding hydrogens is 281 g/mol. The van der Waals surface area contributed by atoms with E-state index in [1.165, 1.54) is 16.6 Å². The number of fused-ring (bicyclic) bond motifs is 1. The first-order chi connectivity index (χ1) is 9.55. The van der Waals surface area contributed by atoms with Crippen LogP contribution in [-0.2, 0) is 10.0 Å². The highest BCUT2D eigenvalue weighted by molar-refractivity contribution is 7.89. The first-order valence-electron chi connectivity index (χ1n) is 6.88. The number of aromatic nitrogens is 1. The molecule has 0 spiro atoms. The zero-order chi connectivity index (χ0) is 14.3. The Morgan fingerprint density at radius 3 is 3.00 bits per heavy atom. The van der Waals surface area contributed by atoms with Crippen molar-refractivity contribution in [1.82, 2.24) is 14.6 Å². The zero-order valence-corrected chi connectivity index (χ0v) is 12.1. The van der Waals surface area contributed by atoms with E-state index in [-0.39, 0.29) is 6.04 Å². The molecule has 3 atom stereocenters. The lowest BCUT2D eigenvalue weighted by molar-refractivity contribution is 0.326. The van der Waals surface area contributed by atoms with E-state index in [1.54, 1.807) is 0 Å². The molecule has 0 aromatic carbocycles. The van der Waals surface area contributed by atoms with Crippen LogP contribution in [0.25, 0.3) is 0 Å². The van der Waals surface area contributed by atoms with Crippen LogP contribution in [0.3, 0.4) is 0 Å². The monoisotopic (exact) mass is 299 g/mol. The van der Waals surface area contributed by atoms with Crippen molar-refractivity contribution >= 4 is 10.0 Å². The van der Waals surface area contributed by atoms with Crippen LogP contribution in [0, 0.1) is 17.7 Å². The van der Waals surface area contributed by atoms with Gasteiger partial charge in [-0.15, -0.1) is 0 Å². The molecule has 0 radical (unpaired) electrons. The number of nitrogens with one attached hydrogen (secondary N) is 1. The Bertz CT molecular complexity index is 607. The van der Waals surface area contributed by atoms with E-state index < -0.39 is 20.9 Å². The number of pyridine rings is 1. The predicted octanol–water partition coefficient (Wildman–Crippen LogP) is 0.839. The summed E-state index contributed by atoms with van der Waals surface area (Å²) in [4.78, 5) is 3.74. The van der Waals surface area contributed by atoms with E-state index in [0.29, 0.717) is 18.4 Å². The molecule has 2 aliphatic heterocycles. The summed E-state index contributed by atoms with van der Waals surface area (Å²) in [6, 6.07) is 2.47. The Hall–Kier alpha value is -1.05. The van der Waals surface area contributed by atoms with Gasteiger partial charge in [0.2, 0.25) is 5.03 Å². The lowest BCUT2D eigenvalue weighted by Crippen LogP contribution is -2.40. The molecule has 1 aromatic rings. The maximum absolute atomic E-state index is 13.8. The van der Waals surface area contributed by atoms with E-state index in [4.69, 9.17) is 0 Å². The Morgan fingerprint density at radius 1 is 1.50 bits per heavy atom. The Morgan fingerprint density at radius 2 is 2.30 bits per heavy atom. The third-order valence-electron chi connectivity index (χ3n) is 4.37. The van der Waals surface area contributed by atoms with E-state index in [1.807, 2.05) is 6.92 Å². The van der Waals surface area contributed by atoms with Crippen molar-refractivity contribution in [2.45, 2.75) is 24.4 Å². The zero-order valence-electron chi connectivity index (χ0n) is 11.3. The van der Waals surface area contributed by atoms with Gasteiger partial charge in [0, 0.05) is 18.8 Å². The summed E-state index contributed by atoms with van der Waals surface area (Å²) in [7, 11) is -3.85. The highest BCUT2D eigenvalue weighted by Crippen LogP contribution is 2.37. The van der Waals surface area contributed by atoms with Crippen LogP contribution in [0.15, 0.2) is 23.4 Å². The minimum atomic E-state index is -3.85. The summed E-state index contributed by atoms with van der Waals surface area (Å²) in [5.74, 6) is -0.138. The van der Waals surface area contributed by atoms with E-state index >= 15 is 0 Å². The molecular formula is C13H18FN3O2S. The van der Waals surface area contributed by atoms with Gasteiger partial charge in [0.1, 0.15) is 0 Å². The Labute approximate surface area is 118 Å². The molecule has 3 heterocycles. The molecule has 5 nitrogen and oxygen atoms in total. The van der Waals surface area contributed by atoms with E-state index in [9.17, 15) is 12.8 Å². The number of hydrogen-bond acceptors (Lipinski definition) is 4. The van der Waals surface area contributed by atoms with Gasteiger partial charge in [0.25, 0.3) is 10.0 Å². The van der Waals surface area contributed by atoms with Crippen LogP contribution in [0.5, 0.6) is 0 Å². The number of hydrogen-bond donors (Lipinski definition) is 1. The van der Waals surface area contributed by atoms with Gasteiger partial charge in [0.05, 0.1) is 0 Å². The topological polar surface area (TPSA) is 62.3 Å². The fourth-order valence-corrected chi connectivity index (χ4v) is 5.22.